The van der Waals surface area contributed by atoms with Crippen molar-refractivity contribution in [3.63, 3.8) is 0 Å². The van der Waals surface area contributed by atoms with Gasteiger partial charge >= 0.3 is 0 Å². The third-order valence-electron chi connectivity index (χ3n) is 6.74. The summed E-state index contributed by atoms with van der Waals surface area (Å²) in [5, 5.41) is 5.30. The van der Waals surface area contributed by atoms with E-state index in [4.69, 9.17) is 9.47 Å². The van der Waals surface area contributed by atoms with Crippen LogP contribution in [0.4, 0.5) is 0 Å². The second kappa shape index (κ2) is 11.6. The maximum atomic E-state index is 13.5. The van der Waals surface area contributed by atoms with Crippen LogP contribution < -0.4 is 14.9 Å². The first-order valence-electron chi connectivity index (χ1n) is 12.6. The van der Waals surface area contributed by atoms with Gasteiger partial charge in [-0.05, 0) is 90.9 Å². The molecule has 1 N–H and O–H groups in total. The van der Waals surface area contributed by atoms with Gasteiger partial charge < -0.3 is 14.0 Å². The number of hydrogen-bond donors (Lipinski definition) is 1. The third-order valence-corrected chi connectivity index (χ3v) is 8.71. The number of ether oxygens (including phenoxy) is 2. The number of carbonyl (C=O) groups is 1. The molecule has 2 heterocycles. The Morgan fingerprint density at radius 1 is 1.08 bits per heavy atom. The lowest BCUT2D eigenvalue weighted by Crippen LogP contribution is -2.21. The van der Waals surface area contributed by atoms with Gasteiger partial charge in [-0.15, -0.1) is 11.3 Å². The summed E-state index contributed by atoms with van der Waals surface area (Å²) in [7, 11) is 1.60. The van der Waals surface area contributed by atoms with Gasteiger partial charge in [0.05, 0.1) is 18.9 Å². The number of halogens is 1. The van der Waals surface area contributed by atoms with Crippen LogP contribution in [0.2, 0.25) is 0 Å². The van der Waals surface area contributed by atoms with E-state index >= 15 is 0 Å². The molecule has 0 fully saturated rings. The number of fused-ring (bicyclic) bond motifs is 1. The molecule has 0 bridgehead atoms. The highest BCUT2D eigenvalue weighted by Gasteiger charge is 2.27. The Morgan fingerprint density at radius 2 is 1.82 bits per heavy atom. The number of methoxy groups -OCH3 is 1. The summed E-state index contributed by atoms with van der Waals surface area (Å²) in [6.45, 7) is 4.58. The van der Waals surface area contributed by atoms with Gasteiger partial charge in [-0.2, -0.15) is 5.10 Å². The van der Waals surface area contributed by atoms with E-state index in [1.807, 2.05) is 42.5 Å². The van der Waals surface area contributed by atoms with Crippen LogP contribution in [0.5, 0.6) is 11.5 Å². The number of rotatable bonds is 8. The van der Waals surface area contributed by atoms with Crippen LogP contribution >= 0.6 is 27.3 Å². The fourth-order valence-corrected chi connectivity index (χ4v) is 6.73. The maximum absolute atomic E-state index is 13.5. The largest absolute Gasteiger partial charge is 0.493 e. The van der Waals surface area contributed by atoms with E-state index in [2.05, 4.69) is 57.0 Å². The van der Waals surface area contributed by atoms with Gasteiger partial charge in [-0.1, -0.05) is 30.3 Å². The molecule has 0 unspecified atom stereocenters. The first-order valence-corrected chi connectivity index (χ1v) is 14.2. The normalized spacial score (nSPS) is 12.9. The van der Waals surface area contributed by atoms with Crippen LogP contribution in [0.15, 0.2) is 64.2 Å². The minimum absolute atomic E-state index is 0.186. The lowest BCUT2D eigenvalue weighted by molar-refractivity contribution is 0.0954. The van der Waals surface area contributed by atoms with Crippen LogP contribution in [0.1, 0.15) is 56.2 Å². The average Bonchev–Trinajstić information content (AvgIpc) is 3.47. The molecule has 6 nitrogen and oxygen atoms in total. The van der Waals surface area contributed by atoms with Crippen molar-refractivity contribution in [3.8, 4) is 16.5 Å². The Balaban J connectivity index is 1.36. The van der Waals surface area contributed by atoms with E-state index in [0.717, 1.165) is 63.2 Å². The maximum Gasteiger partial charge on any atom is 0.274 e. The number of nitrogens with zero attached hydrogens (tertiary/aromatic N) is 2. The van der Waals surface area contributed by atoms with Crippen molar-refractivity contribution in [2.24, 2.45) is 5.10 Å². The lowest BCUT2D eigenvalue weighted by Gasteiger charge is -2.13. The molecular weight excluding hydrogens is 562 g/mol. The molecule has 2 aromatic carbocycles. The first-order chi connectivity index (χ1) is 18.5. The van der Waals surface area contributed by atoms with E-state index in [9.17, 15) is 4.79 Å². The van der Waals surface area contributed by atoms with Crippen LogP contribution in [-0.2, 0) is 19.4 Å². The zero-order valence-electron chi connectivity index (χ0n) is 21.7. The summed E-state index contributed by atoms with van der Waals surface area (Å²) in [6.07, 6.45) is 5.83. The number of benzene rings is 2. The molecule has 196 valence electrons. The molecule has 38 heavy (non-hydrogen) atoms. The minimum Gasteiger partial charge on any atom is -0.493 e. The number of amides is 1. The van der Waals surface area contributed by atoms with Gasteiger partial charge in [0, 0.05) is 26.3 Å². The van der Waals surface area contributed by atoms with Gasteiger partial charge in [0.2, 0.25) is 0 Å². The minimum atomic E-state index is -0.186. The molecule has 5 rings (SSSR count). The van der Waals surface area contributed by atoms with Crippen molar-refractivity contribution in [2.75, 3.05) is 7.11 Å². The second-order valence-corrected chi connectivity index (χ2v) is 11.3. The van der Waals surface area contributed by atoms with E-state index in [0.29, 0.717) is 18.1 Å². The molecular formula is C30H30BrN3O3S. The molecule has 0 saturated heterocycles. The zero-order valence-corrected chi connectivity index (χ0v) is 24.1. The highest BCUT2D eigenvalue weighted by Crippen LogP contribution is 2.38. The molecule has 0 aliphatic heterocycles. The Kier molecular flexibility index (Phi) is 8.00. The van der Waals surface area contributed by atoms with Crippen molar-refractivity contribution < 1.29 is 14.3 Å². The first kappa shape index (κ1) is 26.3. The topological polar surface area (TPSA) is 64.8 Å². The van der Waals surface area contributed by atoms with Gasteiger partial charge in [-0.3, -0.25) is 4.79 Å². The zero-order chi connectivity index (χ0) is 26.6. The molecule has 1 aliphatic rings. The standard InChI is InChI=1S/C30H30BrN3O3S/c1-19-13-14-20(2)34(19)30-28(23-11-7-8-12-27(23)38-30)29(35)33-32-17-22-15-25(36-3)26(16-24(22)31)37-18-21-9-5-4-6-10-21/h4-6,9-10,13-17H,7-8,11-12,18H2,1-3H3,(H,33,35)/b32-17-. The van der Waals surface area contributed by atoms with Crippen molar-refractivity contribution in [1.29, 1.82) is 0 Å². The van der Waals surface area contributed by atoms with Crippen molar-refractivity contribution in [3.05, 3.63) is 97.6 Å². The summed E-state index contributed by atoms with van der Waals surface area (Å²) in [5.74, 6) is 1.02. The molecule has 0 atom stereocenters. The Hall–Kier alpha value is -3.36. The summed E-state index contributed by atoms with van der Waals surface area (Å²) in [4.78, 5) is 14.8. The summed E-state index contributed by atoms with van der Waals surface area (Å²) >= 11 is 5.33. The Morgan fingerprint density at radius 3 is 2.55 bits per heavy atom. The Bertz CT molecular complexity index is 1470. The Labute approximate surface area is 235 Å². The van der Waals surface area contributed by atoms with Crippen LogP contribution in [0.3, 0.4) is 0 Å². The predicted octanol–water partition coefficient (Wildman–Crippen LogP) is 7.15. The fourth-order valence-electron chi connectivity index (χ4n) is 4.81. The SMILES string of the molecule is COc1cc(/C=N\NC(=O)c2c(-n3c(C)ccc3C)sc3c2CCCC3)c(Br)cc1OCc1ccccc1. The molecule has 1 aliphatic carbocycles. The van der Waals surface area contributed by atoms with Crippen molar-refractivity contribution in [1.82, 2.24) is 9.99 Å². The number of carbonyl (C=O) groups excluding carboxylic acids is 1. The molecule has 1 amide bonds. The summed E-state index contributed by atoms with van der Waals surface area (Å²) < 4.78 is 14.5. The summed E-state index contributed by atoms with van der Waals surface area (Å²) in [6, 6.07) is 17.8. The number of hydrogen-bond acceptors (Lipinski definition) is 5. The number of nitrogens with one attached hydrogen (secondary N) is 1. The summed E-state index contributed by atoms with van der Waals surface area (Å²) in [5.41, 5.74) is 8.75. The number of thiophene rings is 1. The molecule has 4 aromatic rings. The van der Waals surface area contributed by atoms with E-state index in [1.54, 1.807) is 24.7 Å². The second-order valence-electron chi connectivity index (χ2n) is 9.34. The lowest BCUT2D eigenvalue weighted by atomic mass is 9.95. The molecule has 2 aromatic heterocycles. The smallest absolute Gasteiger partial charge is 0.274 e. The number of hydrazone groups is 1. The van der Waals surface area contributed by atoms with Crippen LogP contribution in [-0.4, -0.2) is 23.8 Å². The van der Waals surface area contributed by atoms with E-state index in [1.165, 1.54) is 10.4 Å². The van der Waals surface area contributed by atoms with E-state index < -0.39 is 0 Å². The van der Waals surface area contributed by atoms with Gasteiger partial charge in [0.25, 0.3) is 5.91 Å². The number of aryl methyl sites for hydroxylation is 3. The highest BCUT2D eigenvalue weighted by atomic mass is 79.9. The monoisotopic (exact) mass is 591 g/mol. The average molecular weight is 593 g/mol. The quantitative estimate of drug-likeness (QED) is 0.175. The van der Waals surface area contributed by atoms with Crippen LogP contribution in [0.25, 0.3) is 5.00 Å². The van der Waals surface area contributed by atoms with Gasteiger partial charge in [0.1, 0.15) is 11.6 Å². The molecule has 0 saturated carbocycles. The molecule has 0 spiro atoms. The van der Waals surface area contributed by atoms with Crippen molar-refractivity contribution >= 4 is 39.4 Å². The van der Waals surface area contributed by atoms with Crippen LogP contribution in [0, 0.1) is 13.8 Å². The third kappa shape index (κ3) is 5.42. The van der Waals surface area contributed by atoms with Gasteiger partial charge in [-0.25, -0.2) is 5.43 Å². The molecule has 0 radical (unpaired) electrons. The van der Waals surface area contributed by atoms with Gasteiger partial charge in [0.15, 0.2) is 11.5 Å². The molecule has 8 heteroatoms. The predicted molar refractivity (Wildman–Crippen MR) is 156 cm³/mol. The van der Waals surface area contributed by atoms with Crippen molar-refractivity contribution in [2.45, 2.75) is 46.1 Å². The van der Waals surface area contributed by atoms with E-state index in [-0.39, 0.29) is 5.91 Å². The fraction of sp³-hybridized carbons (Fsp3) is 0.267. The number of aromatic nitrogens is 1. The highest BCUT2D eigenvalue weighted by molar-refractivity contribution is 9.10.